The fourth-order valence-corrected chi connectivity index (χ4v) is 4.56. The highest BCUT2D eigenvalue weighted by molar-refractivity contribution is 6.01. The molecule has 4 N–H and O–H groups in total. The number of amides is 4. The highest BCUT2D eigenvalue weighted by atomic mass is 16.2. The summed E-state index contributed by atoms with van der Waals surface area (Å²) in [5.74, 6) is -1.31. The monoisotopic (exact) mass is 463 g/mol. The molecule has 2 aliphatic heterocycles. The average Bonchev–Trinajstić information content (AvgIpc) is 3.39. The number of rotatable bonds is 6. The summed E-state index contributed by atoms with van der Waals surface area (Å²) < 4.78 is 0. The van der Waals surface area contributed by atoms with Crippen molar-refractivity contribution in [1.82, 2.24) is 20.7 Å². The number of carbonyl (C=O) groups is 4. The van der Waals surface area contributed by atoms with Gasteiger partial charge in [-0.15, -0.1) is 0 Å². The average molecular weight is 464 g/mol. The first-order chi connectivity index (χ1) is 16.3. The van der Waals surface area contributed by atoms with Crippen molar-refractivity contribution in [3.63, 3.8) is 0 Å². The van der Waals surface area contributed by atoms with E-state index in [1.54, 1.807) is 48.5 Å². The van der Waals surface area contributed by atoms with E-state index in [0.29, 0.717) is 36.2 Å². The van der Waals surface area contributed by atoms with E-state index in [1.165, 1.54) is 9.91 Å². The van der Waals surface area contributed by atoms with Crippen LogP contribution in [0.3, 0.4) is 0 Å². The van der Waals surface area contributed by atoms with Gasteiger partial charge in [0, 0.05) is 23.4 Å². The van der Waals surface area contributed by atoms with E-state index in [2.05, 4.69) is 10.7 Å². The van der Waals surface area contributed by atoms with Gasteiger partial charge in [0.05, 0.1) is 6.04 Å². The SMILES string of the molecule is CC(C)C[C@H](NC(=O)c1ccc(N)cc1)C(=O)N1NC(=O)C2C1CCN2C(=O)c1ccccc1. The second kappa shape index (κ2) is 9.54. The molecule has 178 valence electrons. The Bertz CT molecular complexity index is 1090. The lowest BCUT2D eigenvalue weighted by molar-refractivity contribution is -0.140. The van der Waals surface area contributed by atoms with E-state index in [9.17, 15) is 19.2 Å². The Labute approximate surface area is 198 Å². The highest BCUT2D eigenvalue weighted by Gasteiger charge is 2.52. The molecular weight excluding hydrogens is 434 g/mol. The minimum Gasteiger partial charge on any atom is -0.399 e. The lowest BCUT2D eigenvalue weighted by atomic mass is 10.0. The molecule has 0 spiro atoms. The molecule has 2 fully saturated rings. The van der Waals surface area contributed by atoms with Crippen molar-refractivity contribution in [3.8, 4) is 0 Å². The van der Waals surface area contributed by atoms with Crippen LogP contribution in [0.4, 0.5) is 5.69 Å². The number of nitrogens with one attached hydrogen (secondary N) is 2. The zero-order valence-corrected chi connectivity index (χ0v) is 19.2. The van der Waals surface area contributed by atoms with Crippen molar-refractivity contribution in [2.45, 2.75) is 44.8 Å². The Hall–Kier alpha value is -3.88. The first-order valence-corrected chi connectivity index (χ1v) is 11.4. The van der Waals surface area contributed by atoms with Gasteiger partial charge in [-0.2, -0.15) is 0 Å². The molecule has 34 heavy (non-hydrogen) atoms. The summed E-state index contributed by atoms with van der Waals surface area (Å²) in [6.45, 7) is 4.28. The standard InChI is InChI=1S/C25H29N5O4/c1-15(2)14-19(27-22(31)16-8-10-18(26)11-9-16)25(34)30-20-12-13-29(21(20)23(32)28-30)24(33)17-6-4-3-5-7-17/h3-11,15,19-21H,12-14,26H2,1-2H3,(H,27,31)(H,28,32)/t19-,20?,21?/m0/s1. The Balaban J connectivity index is 1.51. The summed E-state index contributed by atoms with van der Waals surface area (Å²) in [5, 5.41) is 4.12. The Morgan fingerprint density at radius 1 is 1.06 bits per heavy atom. The Kier molecular flexibility index (Phi) is 6.54. The van der Waals surface area contributed by atoms with E-state index in [1.807, 2.05) is 19.9 Å². The predicted octanol–water partition coefficient (Wildman–Crippen LogP) is 1.57. The number of nitrogens with two attached hydrogens (primary N) is 1. The Morgan fingerprint density at radius 2 is 1.74 bits per heavy atom. The van der Waals surface area contributed by atoms with E-state index in [0.717, 1.165) is 0 Å². The van der Waals surface area contributed by atoms with Crippen LogP contribution in [0.5, 0.6) is 0 Å². The van der Waals surface area contributed by atoms with Crippen molar-refractivity contribution in [3.05, 3.63) is 65.7 Å². The minimum atomic E-state index is -0.831. The van der Waals surface area contributed by atoms with Crippen molar-refractivity contribution in [2.24, 2.45) is 5.92 Å². The van der Waals surface area contributed by atoms with Crippen molar-refractivity contribution in [1.29, 1.82) is 0 Å². The fraction of sp³-hybridized carbons (Fsp3) is 0.360. The molecule has 2 heterocycles. The molecule has 9 nitrogen and oxygen atoms in total. The zero-order valence-electron chi connectivity index (χ0n) is 19.2. The molecule has 4 rings (SSSR count). The van der Waals surface area contributed by atoms with E-state index in [4.69, 9.17) is 5.73 Å². The Morgan fingerprint density at radius 3 is 2.38 bits per heavy atom. The maximum Gasteiger partial charge on any atom is 0.263 e. The summed E-state index contributed by atoms with van der Waals surface area (Å²) in [6, 6.07) is 13.1. The molecule has 0 bridgehead atoms. The predicted molar refractivity (Wildman–Crippen MR) is 126 cm³/mol. The van der Waals surface area contributed by atoms with Crippen LogP contribution in [0.15, 0.2) is 54.6 Å². The number of fused-ring (bicyclic) bond motifs is 1. The third-order valence-electron chi connectivity index (χ3n) is 6.20. The van der Waals surface area contributed by atoms with Gasteiger partial charge in [0.15, 0.2) is 0 Å². The van der Waals surface area contributed by atoms with E-state index < -0.39 is 35.8 Å². The van der Waals surface area contributed by atoms with Crippen LogP contribution in [-0.2, 0) is 9.59 Å². The second-order valence-corrected chi connectivity index (χ2v) is 9.13. The molecule has 0 saturated carbocycles. The van der Waals surface area contributed by atoms with Gasteiger partial charge < -0.3 is 16.0 Å². The lowest BCUT2D eigenvalue weighted by Crippen LogP contribution is -2.54. The minimum absolute atomic E-state index is 0.120. The first kappa shape index (κ1) is 23.3. The van der Waals surface area contributed by atoms with Crippen LogP contribution in [0, 0.1) is 5.92 Å². The molecule has 2 unspecified atom stereocenters. The number of nitrogen functional groups attached to an aromatic ring is 1. The molecule has 4 amide bonds. The van der Waals surface area contributed by atoms with Crippen molar-refractivity contribution < 1.29 is 19.2 Å². The number of hydrogen-bond acceptors (Lipinski definition) is 5. The number of anilines is 1. The molecule has 0 aliphatic carbocycles. The number of likely N-dealkylation sites (tertiary alicyclic amines) is 1. The van der Waals surface area contributed by atoms with E-state index in [-0.39, 0.29) is 11.8 Å². The summed E-state index contributed by atoms with van der Waals surface area (Å²) in [5.41, 5.74) is 9.76. The van der Waals surface area contributed by atoms with Gasteiger partial charge in [-0.25, -0.2) is 5.01 Å². The summed E-state index contributed by atoms with van der Waals surface area (Å²) in [4.78, 5) is 53.7. The largest absolute Gasteiger partial charge is 0.399 e. The highest BCUT2D eigenvalue weighted by Crippen LogP contribution is 2.29. The van der Waals surface area contributed by atoms with Crippen LogP contribution in [-0.4, -0.2) is 58.2 Å². The lowest BCUT2D eigenvalue weighted by Gasteiger charge is -2.28. The van der Waals surface area contributed by atoms with Gasteiger partial charge in [0.25, 0.3) is 23.6 Å². The van der Waals surface area contributed by atoms with Gasteiger partial charge >= 0.3 is 0 Å². The summed E-state index contributed by atoms with van der Waals surface area (Å²) in [7, 11) is 0. The summed E-state index contributed by atoms with van der Waals surface area (Å²) in [6.07, 6.45) is 0.865. The van der Waals surface area contributed by atoms with Crippen LogP contribution in [0.2, 0.25) is 0 Å². The molecule has 0 radical (unpaired) electrons. The van der Waals surface area contributed by atoms with Crippen LogP contribution in [0.25, 0.3) is 0 Å². The van der Waals surface area contributed by atoms with Crippen molar-refractivity contribution in [2.75, 3.05) is 12.3 Å². The smallest absolute Gasteiger partial charge is 0.263 e. The van der Waals surface area contributed by atoms with Crippen molar-refractivity contribution >= 4 is 29.3 Å². The molecule has 2 saturated heterocycles. The maximum absolute atomic E-state index is 13.5. The third-order valence-corrected chi connectivity index (χ3v) is 6.20. The summed E-state index contributed by atoms with van der Waals surface area (Å²) >= 11 is 0. The number of benzene rings is 2. The van der Waals surface area contributed by atoms with E-state index >= 15 is 0 Å². The number of hydrogen-bond donors (Lipinski definition) is 3. The van der Waals surface area contributed by atoms with Gasteiger partial charge in [-0.1, -0.05) is 32.0 Å². The zero-order chi connectivity index (χ0) is 24.4. The molecule has 0 aromatic heterocycles. The van der Waals surface area contributed by atoms with Gasteiger partial charge in [0.1, 0.15) is 12.1 Å². The van der Waals surface area contributed by atoms with Gasteiger partial charge in [-0.05, 0) is 55.2 Å². The maximum atomic E-state index is 13.5. The number of hydrazine groups is 1. The first-order valence-electron chi connectivity index (χ1n) is 11.4. The number of carbonyl (C=O) groups excluding carboxylic acids is 4. The van der Waals surface area contributed by atoms with Crippen LogP contribution in [0.1, 0.15) is 47.4 Å². The topological polar surface area (TPSA) is 125 Å². The normalized spacial score (nSPS) is 20.1. The van der Waals surface area contributed by atoms with Gasteiger partial charge in [0.2, 0.25) is 0 Å². The molecule has 9 heteroatoms. The molecular formula is C25H29N5O4. The molecule has 2 aromatic carbocycles. The molecule has 2 aromatic rings. The fourth-order valence-electron chi connectivity index (χ4n) is 4.56. The van der Waals surface area contributed by atoms with Crippen LogP contribution < -0.4 is 16.5 Å². The second-order valence-electron chi connectivity index (χ2n) is 9.13. The quantitative estimate of drug-likeness (QED) is 0.561. The third kappa shape index (κ3) is 4.59. The molecule has 2 aliphatic rings. The van der Waals surface area contributed by atoms with Gasteiger partial charge in [-0.3, -0.25) is 24.6 Å². The number of nitrogens with zero attached hydrogens (tertiary/aromatic N) is 2. The molecule has 3 atom stereocenters. The van der Waals surface area contributed by atoms with Crippen LogP contribution >= 0.6 is 0 Å².